The molecular formula is C16H30O7Si. The molecule has 8 heteroatoms. The van der Waals surface area contributed by atoms with E-state index < -0.39 is 38.6 Å². The smallest absolute Gasteiger partial charge is 0.349 e. The number of hydrogen-bond donors (Lipinski definition) is 3. The highest BCUT2D eigenvalue weighted by Crippen LogP contribution is 2.54. The summed E-state index contributed by atoms with van der Waals surface area (Å²) in [5.74, 6) is -1.24. The molecule has 0 spiro atoms. The molecule has 0 aromatic rings. The highest BCUT2D eigenvalue weighted by atomic mass is 28.4. The molecule has 1 fully saturated rings. The maximum absolute atomic E-state index is 11.4. The van der Waals surface area contributed by atoms with Gasteiger partial charge in [0.05, 0.1) is 6.61 Å². The molecule has 24 heavy (non-hydrogen) atoms. The summed E-state index contributed by atoms with van der Waals surface area (Å²) in [6.45, 7) is 13.2. The van der Waals surface area contributed by atoms with Crippen LogP contribution in [0.15, 0.2) is 12.0 Å². The van der Waals surface area contributed by atoms with E-state index in [0.717, 1.165) is 0 Å². The number of rotatable bonds is 3. The van der Waals surface area contributed by atoms with E-state index in [1.165, 1.54) is 6.92 Å². The van der Waals surface area contributed by atoms with Crippen LogP contribution in [0.3, 0.4) is 0 Å². The minimum absolute atomic E-state index is 0.00189. The van der Waals surface area contributed by atoms with Crippen molar-refractivity contribution in [3.05, 3.63) is 12.0 Å². The lowest BCUT2D eigenvalue weighted by Gasteiger charge is -2.54. The molecule has 7 nitrogen and oxygen atoms in total. The van der Waals surface area contributed by atoms with Gasteiger partial charge in [0, 0.05) is 17.0 Å². The van der Waals surface area contributed by atoms with Crippen molar-refractivity contribution in [3.8, 4) is 0 Å². The van der Waals surface area contributed by atoms with Crippen LogP contribution in [-0.4, -0.2) is 54.8 Å². The van der Waals surface area contributed by atoms with E-state index in [2.05, 4.69) is 0 Å². The van der Waals surface area contributed by atoms with Crippen LogP contribution in [0.4, 0.5) is 0 Å². The van der Waals surface area contributed by atoms with Crippen LogP contribution in [0.2, 0.25) is 10.1 Å². The molecule has 0 aliphatic carbocycles. The minimum atomic E-state index is -2.93. The van der Waals surface area contributed by atoms with E-state index in [4.69, 9.17) is 18.7 Å². The van der Waals surface area contributed by atoms with Gasteiger partial charge in [0.1, 0.15) is 18.5 Å². The fraction of sp³-hybridized carbons (Fsp3) is 0.812. The summed E-state index contributed by atoms with van der Waals surface area (Å²) in [6, 6.07) is 0. The Bertz CT molecular complexity index is 476. The molecule has 0 unspecified atom stereocenters. The van der Waals surface area contributed by atoms with Gasteiger partial charge >= 0.3 is 14.5 Å². The van der Waals surface area contributed by atoms with Gasteiger partial charge in [-0.05, 0) is 0 Å². The number of esters is 1. The van der Waals surface area contributed by atoms with Crippen molar-refractivity contribution < 1.29 is 33.7 Å². The van der Waals surface area contributed by atoms with Gasteiger partial charge in [-0.15, -0.1) is 0 Å². The second-order valence-electron chi connectivity index (χ2n) is 8.16. The molecule has 140 valence electrons. The third-order valence-corrected chi connectivity index (χ3v) is 9.26. The van der Waals surface area contributed by atoms with Crippen molar-refractivity contribution in [1.29, 1.82) is 0 Å². The predicted molar refractivity (Wildman–Crippen MR) is 90.9 cm³/mol. The summed E-state index contributed by atoms with van der Waals surface area (Å²) < 4.78 is 17.4. The third-order valence-electron chi connectivity index (χ3n) is 4.13. The molecule has 1 aliphatic rings. The topological polar surface area (TPSA) is 105 Å². The van der Waals surface area contributed by atoms with Crippen LogP contribution in [-0.2, 0) is 18.4 Å². The van der Waals surface area contributed by atoms with Crippen molar-refractivity contribution in [2.24, 2.45) is 0 Å². The molecule has 1 rings (SSSR count). The number of carbonyl (C=O) groups is 1. The van der Waals surface area contributed by atoms with Gasteiger partial charge in [-0.1, -0.05) is 41.5 Å². The molecule has 0 radical (unpaired) electrons. The summed E-state index contributed by atoms with van der Waals surface area (Å²) >= 11 is 0. The van der Waals surface area contributed by atoms with Crippen LogP contribution in [0.5, 0.6) is 0 Å². The first kappa shape index (κ1) is 21.0. The fourth-order valence-corrected chi connectivity index (χ4v) is 8.29. The molecule has 0 aromatic heterocycles. The van der Waals surface area contributed by atoms with Crippen molar-refractivity contribution in [2.75, 3.05) is 6.61 Å². The van der Waals surface area contributed by atoms with Crippen LogP contribution in [0, 0.1) is 0 Å². The highest BCUT2D eigenvalue weighted by molar-refractivity contribution is 6.73. The number of hydrogen-bond acceptors (Lipinski definition) is 7. The molecule has 1 heterocycles. The second kappa shape index (κ2) is 7.03. The zero-order valence-electron chi connectivity index (χ0n) is 15.5. The maximum atomic E-state index is 11.4. The van der Waals surface area contributed by atoms with Gasteiger partial charge in [-0.2, -0.15) is 0 Å². The Morgan fingerprint density at radius 3 is 2.12 bits per heavy atom. The van der Waals surface area contributed by atoms with Crippen molar-refractivity contribution in [2.45, 2.75) is 76.9 Å². The van der Waals surface area contributed by atoms with Crippen molar-refractivity contribution in [3.63, 3.8) is 0 Å². The lowest BCUT2D eigenvalue weighted by atomic mass is 10.1. The van der Waals surface area contributed by atoms with E-state index in [1.54, 1.807) is 0 Å². The number of carbonyl (C=O) groups excluding carboxylic acids is 1. The molecule has 3 atom stereocenters. The Balaban J connectivity index is 3.34. The Hall–Kier alpha value is -1.09. The second-order valence-corrected chi connectivity index (χ2v) is 12.9. The van der Waals surface area contributed by atoms with E-state index in [9.17, 15) is 15.0 Å². The van der Waals surface area contributed by atoms with Gasteiger partial charge < -0.3 is 28.9 Å². The SMILES string of the molecule is CC(=O)O[C@H](/C(O)=C/O)[C@@H]1O[Si](C(C)(C)C)(C(C)(C)C)OC[C@H]1O. The zero-order valence-corrected chi connectivity index (χ0v) is 16.5. The fourth-order valence-electron chi connectivity index (χ4n) is 3.32. The first-order valence-electron chi connectivity index (χ1n) is 7.97. The van der Waals surface area contributed by atoms with Gasteiger partial charge in [-0.3, -0.25) is 4.79 Å². The Morgan fingerprint density at radius 1 is 1.25 bits per heavy atom. The predicted octanol–water partition coefficient (Wildman–Crippen LogP) is 2.69. The first-order valence-corrected chi connectivity index (χ1v) is 9.79. The van der Waals surface area contributed by atoms with Gasteiger partial charge in [0.15, 0.2) is 11.9 Å². The number of aliphatic hydroxyl groups excluding tert-OH is 3. The van der Waals surface area contributed by atoms with Gasteiger partial charge in [0.2, 0.25) is 0 Å². The van der Waals surface area contributed by atoms with E-state index in [1.807, 2.05) is 41.5 Å². The number of aliphatic hydroxyl groups is 3. The standard InChI is InChI=1S/C16H30O7Si/c1-10(18)22-13(11(19)8-17)14-12(20)9-21-24(23-14,15(2,3)4)16(5,6)7/h8,12-14,17,19-20H,9H2,1-7H3/b11-8-/t12-,13-,14-/m1/s1. The summed E-state index contributed by atoms with van der Waals surface area (Å²) in [6.07, 6.45) is -3.00. The molecule has 1 aliphatic heterocycles. The molecule has 3 N–H and O–H groups in total. The van der Waals surface area contributed by atoms with Gasteiger partial charge in [-0.25, -0.2) is 0 Å². The summed E-state index contributed by atoms with van der Waals surface area (Å²) in [7, 11) is -2.93. The Labute approximate surface area is 144 Å². The maximum Gasteiger partial charge on any atom is 0.349 e. The summed E-state index contributed by atoms with van der Waals surface area (Å²) in [4.78, 5) is 11.4. The van der Waals surface area contributed by atoms with E-state index >= 15 is 0 Å². The minimum Gasteiger partial charge on any atom is -0.512 e. The molecule has 0 saturated carbocycles. The van der Waals surface area contributed by atoms with Crippen LogP contribution < -0.4 is 0 Å². The van der Waals surface area contributed by atoms with Crippen molar-refractivity contribution in [1.82, 2.24) is 0 Å². The largest absolute Gasteiger partial charge is 0.512 e. The lowest BCUT2D eigenvalue weighted by molar-refractivity contribution is -0.164. The van der Waals surface area contributed by atoms with Crippen molar-refractivity contribution >= 4 is 14.5 Å². The average Bonchev–Trinajstić information content (AvgIpc) is 2.42. The number of ether oxygens (including phenoxy) is 1. The third kappa shape index (κ3) is 3.93. The normalized spacial score (nSPS) is 26.8. The summed E-state index contributed by atoms with van der Waals surface area (Å²) in [5.41, 5.74) is 0. The molecule has 0 bridgehead atoms. The Kier molecular flexibility index (Phi) is 6.14. The molecular weight excluding hydrogens is 332 g/mol. The van der Waals surface area contributed by atoms with Crippen LogP contribution in [0.1, 0.15) is 48.5 Å². The van der Waals surface area contributed by atoms with Crippen LogP contribution in [0.25, 0.3) is 0 Å². The molecule has 0 amide bonds. The monoisotopic (exact) mass is 362 g/mol. The first-order chi connectivity index (χ1) is 10.8. The zero-order chi connectivity index (χ0) is 18.9. The highest BCUT2D eigenvalue weighted by Gasteiger charge is 2.63. The van der Waals surface area contributed by atoms with E-state index in [0.29, 0.717) is 6.26 Å². The average molecular weight is 362 g/mol. The van der Waals surface area contributed by atoms with Crippen LogP contribution >= 0.6 is 0 Å². The van der Waals surface area contributed by atoms with E-state index in [-0.39, 0.29) is 16.7 Å². The molecule has 1 saturated heterocycles. The molecule has 0 aromatic carbocycles. The van der Waals surface area contributed by atoms with Gasteiger partial charge in [0.25, 0.3) is 0 Å². The quantitative estimate of drug-likeness (QED) is 0.403. The Morgan fingerprint density at radius 2 is 1.75 bits per heavy atom. The lowest BCUT2D eigenvalue weighted by Crippen LogP contribution is -2.67. The summed E-state index contributed by atoms with van der Waals surface area (Å²) in [5, 5.41) is 28.7.